The van der Waals surface area contributed by atoms with Gasteiger partial charge in [0.15, 0.2) is 6.23 Å². The van der Waals surface area contributed by atoms with E-state index in [1.807, 2.05) is 0 Å². The van der Waals surface area contributed by atoms with Crippen molar-refractivity contribution in [2.24, 2.45) is 5.73 Å². The van der Waals surface area contributed by atoms with E-state index < -0.39 is 99.9 Å². The summed E-state index contributed by atoms with van der Waals surface area (Å²) in [6.45, 7) is -2.05. The van der Waals surface area contributed by atoms with Crippen LogP contribution >= 0.6 is 7.82 Å². The van der Waals surface area contributed by atoms with Crippen LogP contribution in [0.4, 0.5) is 5.82 Å². The number of carboxylic acid groups (broad SMARTS) is 1. The maximum Gasteiger partial charge on any atom is 1.00 e. The molecule has 19 nitrogen and oxygen atoms in total. The Kier molecular flexibility index (Phi) is 11.2. The van der Waals surface area contributed by atoms with Gasteiger partial charge < -0.3 is 66.1 Å². The van der Waals surface area contributed by atoms with Crippen LogP contribution in [0.15, 0.2) is 17.1 Å². The summed E-state index contributed by atoms with van der Waals surface area (Å²) in [4.78, 5) is 40.0. The summed E-state index contributed by atoms with van der Waals surface area (Å²) >= 11 is 0. The summed E-state index contributed by atoms with van der Waals surface area (Å²) < 4.78 is 33.0. The SMILES string of the molecule is Nc1ccn([C@@H]2O[C@H](COP(=O)([O-])O[C@@]3(C(=O)O)C[C@H](O)[C@@H](N)[C@H]([C@H](O)[C@H](O)CO)O3)[C@@H](O)[C@H]2O)c(=O)n1.[Li+]. The quantitative estimate of drug-likeness (QED) is 0.0919. The molecule has 11 atom stereocenters. The van der Waals surface area contributed by atoms with E-state index in [0.29, 0.717) is 0 Å². The van der Waals surface area contributed by atoms with Crippen LogP contribution in [0.1, 0.15) is 12.6 Å². The molecule has 11 N–H and O–H groups in total. The van der Waals surface area contributed by atoms with E-state index in [4.69, 9.17) is 26.0 Å². The van der Waals surface area contributed by atoms with Crippen molar-refractivity contribution in [3.8, 4) is 0 Å². The predicted molar refractivity (Wildman–Crippen MR) is 116 cm³/mol. The monoisotopic (exact) mass is 578 g/mol. The fourth-order valence-electron chi connectivity index (χ4n) is 3.92. The Morgan fingerprint density at radius 2 is 1.97 bits per heavy atom. The van der Waals surface area contributed by atoms with Gasteiger partial charge in [-0.15, -0.1) is 0 Å². The molecule has 2 aliphatic rings. The Labute approximate surface area is 231 Å². The fraction of sp³-hybridized carbons (Fsp3) is 0.722. The zero-order valence-electron chi connectivity index (χ0n) is 20.4. The van der Waals surface area contributed by atoms with E-state index in [2.05, 4.69) is 14.0 Å². The summed E-state index contributed by atoms with van der Waals surface area (Å²) in [7, 11) is -5.69. The minimum atomic E-state index is -5.69. The number of aliphatic carboxylic acids is 1. The van der Waals surface area contributed by atoms with Crippen LogP contribution in [0.3, 0.4) is 0 Å². The molecule has 1 aromatic heterocycles. The number of ether oxygens (including phenoxy) is 2. The maximum atomic E-state index is 12.5. The number of aromatic nitrogens is 2. The summed E-state index contributed by atoms with van der Waals surface area (Å²) in [5.74, 6) is -5.40. The molecule has 216 valence electrons. The number of phosphoric acid groups is 1. The topological polar surface area (TPSA) is 323 Å². The molecule has 0 radical (unpaired) electrons. The second-order valence-electron chi connectivity index (χ2n) is 8.65. The minimum absolute atomic E-state index is 0. The number of hydrogen-bond acceptors (Lipinski definition) is 17. The third kappa shape index (κ3) is 7.23. The molecule has 1 aromatic rings. The van der Waals surface area contributed by atoms with Gasteiger partial charge in [-0.3, -0.25) is 13.7 Å². The summed E-state index contributed by atoms with van der Waals surface area (Å²) in [6, 6.07) is -0.326. The number of carbonyl (C=O) groups is 1. The van der Waals surface area contributed by atoms with Crippen molar-refractivity contribution in [3.05, 3.63) is 22.7 Å². The number of nitrogen functional groups attached to an aromatic ring is 1. The van der Waals surface area contributed by atoms with Crippen molar-refractivity contribution in [2.45, 2.75) is 67.2 Å². The molecule has 0 bridgehead atoms. The zero-order valence-corrected chi connectivity index (χ0v) is 21.3. The molecule has 3 heterocycles. The number of rotatable bonds is 10. The van der Waals surface area contributed by atoms with Crippen LogP contribution in [0.2, 0.25) is 0 Å². The Balaban J connectivity index is 0.00000533. The summed E-state index contributed by atoms with van der Waals surface area (Å²) in [6.07, 6.45) is -14.3. The minimum Gasteiger partial charge on any atom is -0.756 e. The van der Waals surface area contributed by atoms with E-state index >= 15 is 0 Å². The predicted octanol–water partition coefficient (Wildman–Crippen LogP) is -9.08. The van der Waals surface area contributed by atoms with E-state index in [9.17, 15) is 49.7 Å². The first-order valence-corrected chi connectivity index (χ1v) is 12.4. The number of phosphoric ester groups is 1. The van der Waals surface area contributed by atoms with Crippen LogP contribution in [-0.2, 0) is 27.9 Å². The number of nitrogens with zero attached hydrogens (tertiary/aromatic N) is 2. The van der Waals surface area contributed by atoms with Crippen molar-refractivity contribution < 1.29 is 87.4 Å². The molecule has 39 heavy (non-hydrogen) atoms. The average molecular weight is 578 g/mol. The molecule has 2 fully saturated rings. The van der Waals surface area contributed by atoms with Gasteiger partial charge in [-0.2, -0.15) is 4.98 Å². The van der Waals surface area contributed by atoms with Gasteiger partial charge in [0.2, 0.25) is 0 Å². The maximum absolute atomic E-state index is 12.5. The van der Waals surface area contributed by atoms with Gasteiger partial charge in [0.25, 0.3) is 13.6 Å². The van der Waals surface area contributed by atoms with Crippen molar-refractivity contribution >= 4 is 19.6 Å². The van der Waals surface area contributed by atoms with Crippen molar-refractivity contribution in [1.29, 1.82) is 0 Å². The van der Waals surface area contributed by atoms with Gasteiger partial charge in [-0.25, -0.2) is 9.59 Å². The van der Waals surface area contributed by atoms with Gasteiger partial charge >= 0.3 is 30.5 Å². The molecule has 3 rings (SSSR count). The normalized spacial score (nSPS) is 35.9. The molecule has 0 spiro atoms. The summed E-state index contributed by atoms with van der Waals surface area (Å²) in [5, 5.41) is 69.2. The number of anilines is 1. The molecular weight excluding hydrogens is 550 g/mol. The van der Waals surface area contributed by atoms with Gasteiger partial charge in [0.05, 0.1) is 25.4 Å². The first kappa shape index (κ1) is 33.7. The Hall–Kier alpha value is -1.50. The van der Waals surface area contributed by atoms with Crippen LogP contribution in [0.25, 0.3) is 0 Å². The van der Waals surface area contributed by atoms with Crippen LogP contribution in [0, 0.1) is 0 Å². The molecule has 2 saturated heterocycles. The van der Waals surface area contributed by atoms with Gasteiger partial charge in [0.1, 0.15) is 42.4 Å². The van der Waals surface area contributed by atoms with Gasteiger partial charge in [-0.1, -0.05) is 0 Å². The van der Waals surface area contributed by atoms with Gasteiger partial charge in [-0.05, 0) is 6.07 Å². The first-order chi connectivity index (χ1) is 17.6. The molecule has 0 amide bonds. The number of hydrogen-bond donors (Lipinski definition) is 9. The summed E-state index contributed by atoms with van der Waals surface area (Å²) in [5.41, 5.74) is 10.1. The molecule has 0 aromatic carbocycles. The standard InChI is InChI=1S/C18H29N4O15P.Li/c19-9-1-2-22(17(31)21-9)15-13(28)12(27)8(35-15)5-34-38(32,33)37-18(16(29)30)3-6(24)10(20)14(36-18)11(26)7(25)4-23;/h1-2,6-8,10-15,23-28H,3-5,20H2,(H,29,30)(H,32,33)(H2,19,21,31);/q;+1/p-1/t6-,7+,8+,10+,11+,12+,13+,14+,15+,18+;/m0./s1. The van der Waals surface area contributed by atoms with Gasteiger partial charge in [0, 0.05) is 12.6 Å². The van der Waals surface area contributed by atoms with Crippen LogP contribution < -0.4 is 40.9 Å². The van der Waals surface area contributed by atoms with Crippen molar-refractivity contribution in [3.63, 3.8) is 0 Å². The van der Waals surface area contributed by atoms with E-state index in [1.165, 1.54) is 6.07 Å². The second-order valence-corrected chi connectivity index (χ2v) is 9.99. The fourth-order valence-corrected chi connectivity index (χ4v) is 4.86. The molecule has 1 unspecified atom stereocenters. The Morgan fingerprint density at radius 3 is 2.54 bits per heavy atom. The zero-order chi connectivity index (χ0) is 28.6. The molecule has 0 aliphatic carbocycles. The molecule has 21 heteroatoms. The van der Waals surface area contributed by atoms with E-state index in [-0.39, 0.29) is 24.7 Å². The smallest absolute Gasteiger partial charge is 0.756 e. The van der Waals surface area contributed by atoms with Crippen molar-refractivity contribution in [2.75, 3.05) is 18.9 Å². The third-order valence-electron chi connectivity index (χ3n) is 5.99. The average Bonchev–Trinajstić information content (AvgIpc) is 3.12. The molecule has 2 aliphatic heterocycles. The van der Waals surface area contributed by atoms with E-state index in [0.717, 1.165) is 10.8 Å². The Morgan fingerprint density at radius 1 is 1.33 bits per heavy atom. The van der Waals surface area contributed by atoms with Crippen LogP contribution in [0.5, 0.6) is 0 Å². The number of carboxylic acids is 1. The van der Waals surface area contributed by atoms with Crippen molar-refractivity contribution in [1.82, 2.24) is 9.55 Å². The first-order valence-electron chi connectivity index (χ1n) is 11.0. The number of aliphatic hydroxyl groups excluding tert-OH is 6. The second kappa shape index (κ2) is 13.0. The number of aliphatic hydroxyl groups is 6. The third-order valence-corrected chi connectivity index (χ3v) is 6.97. The Bertz CT molecular complexity index is 1110. The van der Waals surface area contributed by atoms with E-state index in [1.54, 1.807) is 0 Å². The number of nitrogens with two attached hydrogens (primary N) is 2. The molecular formula is C18H28LiN4O15P. The van der Waals surface area contributed by atoms with Crippen LogP contribution in [-0.4, -0.2) is 119 Å². The largest absolute Gasteiger partial charge is 1.00 e. The molecule has 0 saturated carbocycles.